The summed E-state index contributed by atoms with van der Waals surface area (Å²) >= 11 is 0. The lowest BCUT2D eigenvalue weighted by Crippen LogP contribution is -2.22. The summed E-state index contributed by atoms with van der Waals surface area (Å²) in [5.41, 5.74) is -1.44. The first kappa shape index (κ1) is 13.7. The summed E-state index contributed by atoms with van der Waals surface area (Å²) in [4.78, 5) is 23.6. The molecule has 0 amide bonds. The van der Waals surface area contributed by atoms with E-state index in [4.69, 9.17) is 0 Å². The molecule has 5 N–H and O–H groups in total. The number of fused-ring (bicyclic) bond motifs is 1. The van der Waals surface area contributed by atoms with Crippen LogP contribution in [0.2, 0.25) is 0 Å². The van der Waals surface area contributed by atoms with Crippen LogP contribution < -0.4 is 0 Å². The first-order chi connectivity index (χ1) is 9.32. The highest BCUT2D eigenvalue weighted by Gasteiger charge is 2.39. The number of aromatic hydroxyl groups is 3. The number of allylic oxidation sites excluding steroid dienone is 2. The minimum Gasteiger partial charge on any atom is -0.507 e. The van der Waals surface area contributed by atoms with Crippen LogP contribution in [0.4, 0.5) is 0 Å². The molecule has 1 aliphatic rings. The van der Waals surface area contributed by atoms with Crippen LogP contribution in [0.15, 0.2) is 11.5 Å². The molecule has 20 heavy (non-hydrogen) atoms. The molecule has 1 aromatic rings. The molecule has 7 heteroatoms. The normalized spacial score (nSPS) is 14.7. The van der Waals surface area contributed by atoms with Gasteiger partial charge in [0.25, 0.3) is 0 Å². The summed E-state index contributed by atoms with van der Waals surface area (Å²) < 4.78 is 0. The zero-order chi connectivity index (χ0) is 15.2. The highest BCUT2D eigenvalue weighted by molar-refractivity contribution is 6.27. The Morgan fingerprint density at radius 3 is 1.65 bits per heavy atom. The van der Waals surface area contributed by atoms with Crippen LogP contribution in [0.1, 0.15) is 39.6 Å². The summed E-state index contributed by atoms with van der Waals surface area (Å²) in [6.07, 6.45) is 0.644. The van der Waals surface area contributed by atoms with Gasteiger partial charge in [-0.1, -0.05) is 13.3 Å². The van der Waals surface area contributed by atoms with Gasteiger partial charge < -0.3 is 25.5 Å². The molecular formula is C13H12O7. The second-order valence-corrected chi connectivity index (χ2v) is 4.38. The van der Waals surface area contributed by atoms with E-state index < -0.39 is 51.5 Å². The first-order valence-corrected chi connectivity index (χ1v) is 5.84. The third kappa shape index (κ3) is 1.59. The molecule has 0 aromatic heterocycles. The summed E-state index contributed by atoms with van der Waals surface area (Å²) in [6.45, 7) is 1.74. The molecule has 7 nitrogen and oxygen atoms in total. The zero-order valence-electron chi connectivity index (χ0n) is 10.5. The van der Waals surface area contributed by atoms with E-state index >= 15 is 0 Å². The van der Waals surface area contributed by atoms with Crippen LogP contribution in [0, 0.1) is 0 Å². The van der Waals surface area contributed by atoms with Crippen molar-refractivity contribution in [2.45, 2.75) is 19.8 Å². The summed E-state index contributed by atoms with van der Waals surface area (Å²) in [7, 11) is 0. The van der Waals surface area contributed by atoms with Crippen LogP contribution in [0.25, 0.3) is 0 Å². The summed E-state index contributed by atoms with van der Waals surface area (Å²) in [5, 5.41) is 48.3. The van der Waals surface area contributed by atoms with E-state index in [9.17, 15) is 35.1 Å². The quantitative estimate of drug-likeness (QED) is 0.408. The maximum Gasteiger partial charge on any atom is 0.236 e. The number of aliphatic hydroxyl groups is 2. The molecule has 0 spiro atoms. The van der Waals surface area contributed by atoms with Gasteiger partial charge in [-0.3, -0.25) is 9.59 Å². The maximum atomic E-state index is 11.8. The SMILES string of the molecule is CCCc1c(O)c(O)c2c(c1O)C(=O)C(O)=C(O)C2=O. The predicted octanol–water partition coefficient (Wildman–Crippen LogP) is 1.46. The van der Waals surface area contributed by atoms with Crippen molar-refractivity contribution >= 4 is 11.6 Å². The van der Waals surface area contributed by atoms with Gasteiger partial charge in [0.15, 0.2) is 11.5 Å². The molecule has 0 aliphatic heterocycles. The lowest BCUT2D eigenvalue weighted by molar-refractivity contribution is 0.0875. The topological polar surface area (TPSA) is 135 Å². The molecule has 0 saturated heterocycles. The molecule has 1 aliphatic carbocycles. The Labute approximate surface area is 113 Å². The van der Waals surface area contributed by atoms with Gasteiger partial charge in [-0.05, 0) is 6.42 Å². The molecule has 0 heterocycles. The molecule has 106 valence electrons. The molecular weight excluding hydrogens is 268 g/mol. The Morgan fingerprint density at radius 2 is 1.20 bits per heavy atom. The number of hydrogen-bond acceptors (Lipinski definition) is 7. The highest BCUT2D eigenvalue weighted by Crippen LogP contribution is 2.46. The third-order valence-corrected chi connectivity index (χ3v) is 3.13. The summed E-state index contributed by atoms with van der Waals surface area (Å²) in [6, 6.07) is 0. The van der Waals surface area contributed by atoms with Crippen LogP contribution in [0.3, 0.4) is 0 Å². The molecule has 0 atom stereocenters. The van der Waals surface area contributed by atoms with E-state index in [1.807, 2.05) is 0 Å². The zero-order valence-corrected chi connectivity index (χ0v) is 10.5. The lowest BCUT2D eigenvalue weighted by atomic mass is 9.87. The Hall–Kier alpha value is -2.70. The Morgan fingerprint density at radius 1 is 0.750 bits per heavy atom. The third-order valence-electron chi connectivity index (χ3n) is 3.13. The molecule has 1 aromatic carbocycles. The number of Topliss-reactive ketones (excluding diaryl/α,β-unsaturated/α-hetero) is 2. The molecule has 0 bridgehead atoms. The van der Waals surface area contributed by atoms with Gasteiger partial charge in [-0.2, -0.15) is 0 Å². The predicted molar refractivity (Wildman–Crippen MR) is 66.4 cm³/mol. The van der Waals surface area contributed by atoms with Crippen molar-refractivity contribution in [2.75, 3.05) is 0 Å². The maximum absolute atomic E-state index is 11.8. The van der Waals surface area contributed by atoms with Gasteiger partial charge in [-0.25, -0.2) is 0 Å². The van der Waals surface area contributed by atoms with Crippen LogP contribution >= 0.6 is 0 Å². The van der Waals surface area contributed by atoms with E-state index in [1.165, 1.54) is 0 Å². The first-order valence-electron chi connectivity index (χ1n) is 5.84. The number of phenols is 3. The Kier molecular flexibility index (Phi) is 3.05. The van der Waals surface area contributed by atoms with Crippen molar-refractivity contribution in [3.63, 3.8) is 0 Å². The smallest absolute Gasteiger partial charge is 0.236 e. The number of aliphatic hydroxyl groups excluding tert-OH is 2. The van der Waals surface area contributed by atoms with E-state index in [1.54, 1.807) is 6.92 Å². The number of hydrogen-bond donors (Lipinski definition) is 5. The van der Waals surface area contributed by atoms with Crippen molar-refractivity contribution in [3.8, 4) is 17.2 Å². The molecule has 0 fully saturated rings. The number of carbonyl (C=O) groups excluding carboxylic acids is 2. The van der Waals surface area contributed by atoms with Crippen molar-refractivity contribution in [2.24, 2.45) is 0 Å². The van der Waals surface area contributed by atoms with Gasteiger partial charge >= 0.3 is 0 Å². The fourth-order valence-electron chi connectivity index (χ4n) is 2.14. The van der Waals surface area contributed by atoms with Crippen LogP contribution in [-0.2, 0) is 6.42 Å². The molecule has 0 unspecified atom stereocenters. The number of benzene rings is 1. The van der Waals surface area contributed by atoms with Gasteiger partial charge in [0.1, 0.15) is 5.75 Å². The van der Waals surface area contributed by atoms with Crippen molar-refractivity contribution in [1.82, 2.24) is 0 Å². The number of phenolic OH excluding ortho intramolecular Hbond substituents is 3. The molecule has 2 rings (SSSR count). The van der Waals surface area contributed by atoms with Gasteiger partial charge in [0, 0.05) is 5.56 Å². The standard InChI is InChI=1S/C13H12O7/c1-2-3-4-7(14)5-6(9(16)8(4)15)11(18)13(20)12(19)10(5)17/h14-16,19-20H,2-3H2,1H3. The van der Waals surface area contributed by atoms with Crippen LogP contribution in [0.5, 0.6) is 17.2 Å². The van der Waals surface area contributed by atoms with Gasteiger partial charge in [0.05, 0.1) is 11.1 Å². The fraction of sp³-hybridized carbons (Fsp3) is 0.231. The minimum atomic E-state index is -1.25. The average molecular weight is 280 g/mol. The minimum absolute atomic E-state index is 0.0981. The van der Waals surface area contributed by atoms with Crippen molar-refractivity contribution in [3.05, 3.63) is 28.2 Å². The monoisotopic (exact) mass is 280 g/mol. The molecule has 0 saturated carbocycles. The summed E-state index contributed by atoms with van der Waals surface area (Å²) in [5.74, 6) is -7.19. The second-order valence-electron chi connectivity index (χ2n) is 4.38. The van der Waals surface area contributed by atoms with Crippen molar-refractivity contribution in [1.29, 1.82) is 0 Å². The number of carbonyl (C=O) groups is 2. The Balaban J connectivity index is 2.87. The van der Waals surface area contributed by atoms with E-state index in [2.05, 4.69) is 0 Å². The van der Waals surface area contributed by atoms with Crippen LogP contribution in [-0.4, -0.2) is 37.1 Å². The van der Waals surface area contributed by atoms with Crippen molar-refractivity contribution < 1.29 is 35.1 Å². The number of rotatable bonds is 2. The largest absolute Gasteiger partial charge is 0.507 e. The van der Waals surface area contributed by atoms with Gasteiger partial charge in [0.2, 0.25) is 23.1 Å². The fourth-order valence-corrected chi connectivity index (χ4v) is 2.14. The highest BCUT2D eigenvalue weighted by atomic mass is 16.3. The van der Waals surface area contributed by atoms with E-state index in [0.717, 1.165) is 0 Å². The number of ketones is 2. The Bertz CT molecular complexity index is 670. The second kappa shape index (κ2) is 4.44. The van der Waals surface area contributed by atoms with E-state index in [0.29, 0.717) is 6.42 Å². The lowest BCUT2D eigenvalue weighted by Gasteiger charge is -2.19. The van der Waals surface area contributed by atoms with E-state index in [-0.39, 0.29) is 12.0 Å². The average Bonchev–Trinajstić information content (AvgIpc) is 2.42. The van der Waals surface area contributed by atoms with Gasteiger partial charge in [-0.15, -0.1) is 0 Å². The molecule has 0 radical (unpaired) electrons.